The summed E-state index contributed by atoms with van der Waals surface area (Å²) in [5, 5.41) is 10.3. The van der Waals surface area contributed by atoms with Crippen LogP contribution in [0, 0.1) is 10.1 Å². The molecule has 1 fully saturated rings. The summed E-state index contributed by atoms with van der Waals surface area (Å²) in [6, 6.07) is 15.1. The van der Waals surface area contributed by atoms with Gasteiger partial charge in [0.05, 0.1) is 16.4 Å². The van der Waals surface area contributed by atoms with Gasteiger partial charge in [0.1, 0.15) is 0 Å². The Kier molecular flexibility index (Phi) is 4.43. The molecule has 0 spiro atoms. The molecule has 0 aliphatic carbocycles. The summed E-state index contributed by atoms with van der Waals surface area (Å²) in [6.07, 6.45) is 1.68. The van der Waals surface area contributed by atoms with Gasteiger partial charge in [-0.1, -0.05) is 42.5 Å². The molecular weight excluding hydrogens is 328 g/mol. The molecule has 0 saturated carbocycles. The van der Waals surface area contributed by atoms with Crippen molar-refractivity contribution in [3.8, 4) is 0 Å². The second kappa shape index (κ2) is 6.67. The van der Waals surface area contributed by atoms with Crippen LogP contribution < -0.4 is 0 Å². The highest BCUT2D eigenvalue weighted by Gasteiger charge is 2.34. The van der Waals surface area contributed by atoms with E-state index in [1.165, 1.54) is 12.1 Å². The number of hydrogen-bond donors (Lipinski definition) is 0. The first-order valence-electron chi connectivity index (χ1n) is 7.08. The van der Waals surface area contributed by atoms with Crippen LogP contribution >= 0.6 is 11.8 Å². The smallest absolute Gasteiger partial charge is 0.268 e. The summed E-state index contributed by atoms with van der Waals surface area (Å²) in [5.74, 6) is -0.354. The Hall–Kier alpha value is -2.93. The minimum absolute atomic E-state index is 0.0307. The largest absolute Gasteiger partial charge is 0.293 e. The summed E-state index contributed by atoms with van der Waals surface area (Å²) in [4.78, 5) is 36.2. The number of non-ortho nitro benzene ring substituents is 1. The Balaban J connectivity index is 1.77. The first kappa shape index (κ1) is 15.9. The fraction of sp³-hybridized carbons (Fsp3) is 0.0588. The molecule has 2 amide bonds. The SMILES string of the molecule is O=C1SC(=Cc2ccccc2)C(=O)N1Cc1ccc([N+](=O)[O-])cc1. The Morgan fingerprint density at radius 2 is 1.71 bits per heavy atom. The van der Waals surface area contributed by atoms with E-state index in [9.17, 15) is 19.7 Å². The second-order valence-electron chi connectivity index (χ2n) is 5.10. The van der Waals surface area contributed by atoms with Crippen LogP contribution in [0.5, 0.6) is 0 Å². The number of carbonyl (C=O) groups is 2. The maximum absolute atomic E-state index is 12.4. The van der Waals surface area contributed by atoms with Gasteiger partial charge in [-0.3, -0.25) is 24.6 Å². The number of nitro groups is 1. The lowest BCUT2D eigenvalue weighted by molar-refractivity contribution is -0.384. The number of benzene rings is 2. The third-order valence-electron chi connectivity index (χ3n) is 3.46. The molecule has 2 aromatic carbocycles. The predicted octanol–water partition coefficient (Wildman–Crippen LogP) is 3.83. The van der Waals surface area contributed by atoms with E-state index in [2.05, 4.69) is 0 Å². The van der Waals surface area contributed by atoms with Crippen LogP contribution in [-0.2, 0) is 11.3 Å². The molecule has 0 N–H and O–H groups in total. The van der Waals surface area contributed by atoms with Crippen molar-refractivity contribution in [3.05, 3.63) is 80.7 Å². The average molecular weight is 340 g/mol. The van der Waals surface area contributed by atoms with Gasteiger partial charge in [-0.15, -0.1) is 0 Å². The summed E-state index contributed by atoms with van der Waals surface area (Å²) < 4.78 is 0. The molecule has 1 aliphatic rings. The number of amides is 2. The predicted molar refractivity (Wildman–Crippen MR) is 91.1 cm³/mol. The van der Waals surface area contributed by atoms with E-state index in [0.717, 1.165) is 22.2 Å². The lowest BCUT2D eigenvalue weighted by atomic mass is 10.2. The van der Waals surface area contributed by atoms with Gasteiger partial charge in [0.25, 0.3) is 16.8 Å². The van der Waals surface area contributed by atoms with Crippen molar-refractivity contribution in [1.82, 2.24) is 4.90 Å². The quantitative estimate of drug-likeness (QED) is 0.480. The Morgan fingerprint density at radius 3 is 2.33 bits per heavy atom. The first-order chi connectivity index (χ1) is 11.5. The third kappa shape index (κ3) is 3.36. The molecule has 7 heteroatoms. The lowest BCUT2D eigenvalue weighted by Gasteiger charge is -2.12. The van der Waals surface area contributed by atoms with Crippen molar-refractivity contribution in [2.45, 2.75) is 6.54 Å². The topological polar surface area (TPSA) is 80.5 Å². The van der Waals surface area contributed by atoms with Gasteiger partial charge in [0.15, 0.2) is 0 Å². The van der Waals surface area contributed by atoms with Crippen LogP contribution in [0.2, 0.25) is 0 Å². The average Bonchev–Trinajstić information content (AvgIpc) is 2.84. The Labute approximate surface area is 141 Å². The number of nitro benzene ring substituents is 1. The van der Waals surface area contributed by atoms with E-state index in [0.29, 0.717) is 10.5 Å². The number of rotatable bonds is 4. The molecule has 1 saturated heterocycles. The summed E-state index contributed by atoms with van der Waals surface area (Å²) in [6.45, 7) is 0.0921. The molecular formula is C17H12N2O4S. The molecule has 0 bridgehead atoms. The lowest BCUT2D eigenvalue weighted by Crippen LogP contribution is -2.27. The van der Waals surface area contributed by atoms with E-state index in [1.807, 2.05) is 30.3 Å². The third-order valence-corrected chi connectivity index (χ3v) is 4.37. The van der Waals surface area contributed by atoms with Crippen molar-refractivity contribution >= 4 is 34.7 Å². The van der Waals surface area contributed by atoms with Crippen LogP contribution in [0.15, 0.2) is 59.5 Å². The number of carbonyl (C=O) groups excluding carboxylic acids is 2. The molecule has 6 nitrogen and oxygen atoms in total. The highest BCUT2D eigenvalue weighted by atomic mass is 32.2. The Morgan fingerprint density at radius 1 is 1.04 bits per heavy atom. The summed E-state index contributed by atoms with van der Waals surface area (Å²) in [5.41, 5.74) is 1.47. The maximum Gasteiger partial charge on any atom is 0.293 e. The van der Waals surface area contributed by atoms with E-state index < -0.39 is 4.92 Å². The van der Waals surface area contributed by atoms with Gasteiger partial charge in [-0.25, -0.2) is 0 Å². The monoisotopic (exact) mass is 340 g/mol. The van der Waals surface area contributed by atoms with Crippen molar-refractivity contribution in [3.63, 3.8) is 0 Å². The number of thioether (sulfide) groups is 1. The van der Waals surface area contributed by atoms with Crippen LogP contribution in [0.4, 0.5) is 10.5 Å². The van der Waals surface area contributed by atoms with E-state index in [1.54, 1.807) is 18.2 Å². The molecule has 1 aliphatic heterocycles. The fourth-order valence-electron chi connectivity index (χ4n) is 2.24. The van der Waals surface area contributed by atoms with E-state index >= 15 is 0 Å². The molecule has 120 valence electrons. The molecule has 24 heavy (non-hydrogen) atoms. The van der Waals surface area contributed by atoms with Gasteiger partial charge in [-0.05, 0) is 29.0 Å². The normalized spacial score (nSPS) is 16.0. The standard InChI is InChI=1S/C17H12N2O4S/c20-16-15(10-12-4-2-1-3-5-12)24-17(21)18(16)11-13-6-8-14(9-7-13)19(22)23/h1-10H,11H2. The van der Waals surface area contributed by atoms with Gasteiger partial charge in [0.2, 0.25) is 0 Å². The van der Waals surface area contributed by atoms with Gasteiger partial charge in [0, 0.05) is 12.1 Å². The highest BCUT2D eigenvalue weighted by molar-refractivity contribution is 8.18. The molecule has 1 heterocycles. The van der Waals surface area contributed by atoms with Crippen LogP contribution in [0.1, 0.15) is 11.1 Å². The molecule has 3 rings (SSSR count). The summed E-state index contributed by atoms with van der Waals surface area (Å²) >= 11 is 0.894. The van der Waals surface area contributed by atoms with E-state index in [4.69, 9.17) is 0 Å². The minimum Gasteiger partial charge on any atom is -0.268 e. The molecule has 0 radical (unpaired) electrons. The van der Waals surface area contributed by atoms with Crippen LogP contribution in [-0.4, -0.2) is 21.0 Å². The second-order valence-corrected chi connectivity index (χ2v) is 6.10. The zero-order valence-corrected chi connectivity index (χ0v) is 13.2. The number of imide groups is 1. The van der Waals surface area contributed by atoms with Crippen molar-refractivity contribution in [1.29, 1.82) is 0 Å². The van der Waals surface area contributed by atoms with Crippen LogP contribution in [0.3, 0.4) is 0 Å². The van der Waals surface area contributed by atoms with Crippen molar-refractivity contribution < 1.29 is 14.5 Å². The number of nitrogens with zero attached hydrogens (tertiary/aromatic N) is 2. The van der Waals surface area contributed by atoms with Gasteiger partial charge < -0.3 is 0 Å². The number of hydrogen-bond acceptors (Lipinski definition) is 5. The minimum atomic E-state index is -0.494. The zero-order valence-electron chi connectivity index (χ0n) is 12.4. The van der Waals surface area contributed by atoms with Crippen molar-refractivity contribution in [2.24, 2.45) is 0 Å². The van der Waals surface area contributed by atoms with Crippen molar-refractivity contribution in [2.75, 3.05) is 0 Å². The summed E-state index contributed by atoms with van der Waals surface area (Å²) in [7, 11) is 0. The highest BCUT2D eigenvalue weighted by Crippen LogP contribution is 2.33. The van der Waals surface area contributed by atoms with E-state index in [-0.39, 0.29) is 23.4 Å². The Bertz CT molecular complexity index is 831. The zero-order chi connectivity index (χ0) is 17.1. The van der Waals surface area contributed by atoms with Gasteiger partial charge in [-0.2, -0.15) is 0 Å². The fourth-order valence-corrected chi connectivity index (χ4v) is 3.08. The molecule has 0 atom stereocenters. The maximum atomic E-state index is 12.4. The molecule has 0 aromatic heterocycles. The van der Waals surface area contributed by atoms with Crippen LogP contribution in [0.25, 0.3) is 6.08 Å². The molecule has 2 aromatic rings. The molecule has 0 unspecified atom stereocenters. The first-order valence-corrected chi connectivity index (χ1v) is 7.90. The van der Waals surface area contributed by atoms with Gasteiger partial charge >= 0.3 is 0 Å².